The second-order valence-corrected chi connectivity index (χ2v) is 7.57. The lowest BCUT2D eigenvalue weighted by atomic mass is 10.0. The highest BCUT2D eigenvalue weighted by atomic mass is 32.2. The number of nitrogens with one attached hydrogen (secondary N) is 1. The van der Waals surface area contributed by atoms with Gasteiger partial charge in [-0.25, -0.2) is 22.3 Å². The number of benzene rings is 1. The van der Waals surface area contributed by atoms with E-state index >= 15 is 0 Å². The topological polar surface area (TPSA) is 110 Å². The van der Waals surface area contributed by atoms with Crippen LogP contribution in [0.3, 0.4) is 0 Å². The smallest absolute Gasteiger partial charge is 0.224 e. The number of nitrogen functional groups attached to an aromatic ring is 1. The molecule has 0 aliphatic carbocycles. The molecule has 0 spiro atoms. The first-order valence-corrected chi connectivity index (χ1v) is 9.87. The van der Waals surface area contributed by atoms with E-state index in [4.69, 9.17) is 10.5 Å². The SMILES string of the molecule is COc1ccc(F)c(F)c1C(=O)c1cnc(NC2CCN(S(C)=O)C2)nc1N. The van der Waals surface area contributed by atoms with E-state index in [1.165, 1.54) is 7.11 Å². The molecular formula is C17H19F2N5O3S. The van der Waals surface area contributed by atoms with E-state index in [0.29, 0.717) is 13.1 Å². The van der Waals surface area contributed by atoms with Crippen LogP contribution in [-0.2, 0) is 11.0 Å². The van der Waals surface area contributed by atoms with Gasteiger partial charge >= 0.3 is 0 Å². The second-order valence-electron chi connectivity index (χ2n) is 6.20. The fraction of sp³-hybridized carbons (Fsp3) is 0.353. The number of ether oxygens (including phenoxy) is 1. The highest BCUT2D eigenvalue weighted by Gasteiger charge is 2.27. The van der Waals surface area contributed by atoms with Crippen molar-refractivity contribution in [2.24, 2.45) is 0 Å². The van der Waals surface area contributed by atoms with Gasteiger partial charge in [-0.3, -0.25) is 4.79 Å². The number of methoxy groups -OCH3 is 1. The van der Waals surface area contributed by atoms with Crippen molar-refractivity contribution in [1.82, 2.24) is 14.3 Å². The largest absolute Gasteiger partial charge is 0.496 e. The summed E-state index contributed by atoms with van der Waals surface area (Å²) < 4.78 is 46.0. The van der Waals surface area contributed by atoms with Crippen LogP contribution in [0.2, 0.25) is 0 Å². The number of ketones is 1. The first kappa shape index (κ1) is 20.1. The lowest BCUT2D eigenvalue weighted by Crippen LogP contribution is -2.28. The van der Waals surface area contributed by atoms with Gasteiger partial charge < -0.3 is 15.8 Å². The molecule has 1 saturated heterocycles. The monoisotopic (exact) mass is 411 g/mol. The Morgan fingerprint density at radius 1 is 1.43 bits per heavy atom. The van der Waals surface area contributed by atoms with Gasteiger partial charge in [0, 0.05) is 31.6 Å². The van der Waals surface area contributed by atoms with Crippen molar-refractivity contribution in [1.29, 1.82) is 0 Å². The molecule has 8 nitrogen and oxygen atoms in total. The quantitative estimate of drug-likeness (QED) is 0.691. The lowest BCUT2D eigenvalue weighted by molar-refractivity contribution is 0.103. The molecule has 1 aliphatic rings. The number of rotatable bonds is 6. The summed E-state index contributed by atoms with van der Waals surface area (Å²) in [5, 5.41) is 3.07. The predicted octanol–water partition coefficient (Wildman–Crippen LogP) is 1.36. The summed E-state index contributed by atoms with van der Waals surface area (Å²) in [5.74, 6) is -3.50. The Bertz CT molecular complexity index is 943. The molecule has 2 aromatic rings. The van der Waals surface area contributed by atoms with E-state index < -0.39 is 34.0 Å². The van der Waals surface area contributed by atoms with Gasteiger partial charge in [0.25, 0.3) is 0 Å². The Morgan fingerprint density at radius 2 is 2.18 bits per heavy atom. The Labute approximate surface area is 162 Å². The van der Waals surface area contributed by atoms with Crippen LogP contribution in [-0.4, -0.2) is 56.8 Å². The number of hydrogen-bond donors (Lipinski definition) is 2. The Balaban J connectivity index is 1.83. The molecule has 1 aromatic carbocycles. The minimum absolute atomic E-state index is 0.0226. The van der Waals surface area contributed by atoms with Gasteiger partial charge in [0.05, 0.1) is 23.7 Å². The van der Waals surface area contributed by atoms with Crippen molar-refractivity contribution in [3.05, 3.63) is 41.1 Å². The minimum atomic E-state index is -1.33. The summed E-state index contributed by atoms with van der Waals surface area (Å²) >= 11 is 0. The molecule has 3 rings (SSSR count). The molecule has 150 valence electrons. The highest BCUT2D eigenvalue weighted by Crippen LogP contribution is 2.28. The summed E-state index contributed by atoms with van der Waals surface area (Å²) in [7, 11) is 0.183. The zero-order chi connectivity index (χ0) is 20.4. The Kier molecular flexibility index (Phi) is 5.84. The number of nitrogens with two attached hydrogens (primary N) is 1. The number of carbonyl (C=O) groups excluding carboxylic acids is 1. The molecule has 0 saturated carbocycles. The summed E-state index contributed by atoms with van der Waals surface area (Å²) in [6, 6.07) is 2.00. The molecule has 0 bridgehead atoms. The van der Waals surface area contributed by atoms with Gasteiger partial charge in [0.1, 0.15) is 17.1 Å². The third kappa shape index (κ3) is 3.94. The van der Waals surface area contributed by atoms with Crippen molar-refractivity contribution < 1.29 is 22.5 Å². The maximum atomic E-state index is 14.2. The van der Waals surface area contributed by atoms with Gasteiger partial charge in [-0.1, -0.05) is 0 Å². The van der Waals surface area contributed by atoms with Gasteiger partial charge in [-0.05, 0) is 18.6 Å². The first-order chi connectivity index (χ1) is 13.3. The number of carbonyl (C=O) groups is 1. The third-order valence-corrected chi connectivity index (χ3v) is 5.47. The van der Waals surface area contributed by atoms with Gasteiger partial charge in [0.15, 0.2) is 11.6 Å². The molecule has 1 fully saturated rings. The van der Waals surface area contributed by atoms with Crippen molar-refractivity contribution in [3.8, 4) is 5.75 Å². The van der Waals surface area contributed by atoms with Gasteiger partial charge in [-0.2, -0.15) is 4.98 Å². The molecule has 11 heteroatoms. The van der Waals surface area contributed by atoms with E-state index in [2.05, 4.69) is 15.3 Å². The number of anilines is 2. The molecule has 2 atom stereocenters. The van der Waals surface area contributed by atoms with Crippen molar-refractivity contribution in [2.75, 3.05) is 37.5 Å². The summed E-state index contributed by atoms with van der Waals surface area (Å²) in [6.45, 7) is 1.23. The van der Waals surface area contributed by atoms with Crippen LogP contribution in [0, 0.1) is 11.6 Å². The highest BCUT2D eigenvalue weighted by molar-refractivity contribution is 7.81. The van der Waals surface area contributed by atoms with Crippen molar-refractivity contribution in [3.63, 3.8) is 0 Å². The van der Waals surface area contributed by atoms with Crippen LogP contribution < -0.4 is 15.8 Å². The lowest BCUT2D eigenvalue weighted by Gasteiger charge is -2.15. The number of hydrogen-bond acceptors (Lipinski definition) is 7. The van der Waals surface area contributed by atoms with Crippen LogP contribution in [0.1, 0.15) is 22.3 Å². The molecule has 0 radical (unpaired) electrons. The Hall–Kier alpha value is -2.66. The minimum Gasteiger partial charge on any atom is -0.496 e. The third-order valence-electron chi connectivity index (χ3n) is 4.41. The van der Waals surface area contributed by atoms with Gasteiger partial charge in [0.2, 0.25) is 11.7 Å². The zero-order valence-electron chi connectivity index (χ0n) is 15.2. The molecule has 28 heavy (non-hydrogen) atoms. The van der Waals surface area contributed by atoms with Crippen LogP contribution in [0.5, 0.6) is 5.75 Å². The zero-order valence-corrected chi connectivity index (χ0v) is 16.1. The number of aromatic nitrogens is 2. The van der Waals surface area contributed by atoms with Crippen LogP contribution in [0.25, 0.3) is 0 Å². The maximum Gasteiger partial charge on any atom is 0.224 e. The van der Waals surface area contributed by atoms with E-state index in [-0.39, 0.29) is 29.1 Å². The molecule has 0 amide bonds. The Morgan fingerprint density at radius 3 is 2.79 bits per heavy atom. The van der Waals surface area contributed by atoms with E-state index in [1.54, 1.807) is 10.6 Å². The fourth-order valence-corrected chi connectivity index (χ4v) is 3.70. The maximum absolute atomic E-state index is 14.2. The average Bonchev–Trinajstić information content (AvgIpc) is 3.12. The molecule has 2 heterocycles. The van der Waals surface area contributed by atoms with Crippen LogP contribution in [0.15, 0.2) is 18.3 Å². The summed E-state index contributed by atoms with van der Waals surface area (Å²) in [6.07, 6.45) is 3.51. The normalized spacial score (nSPS) is 18.1. The first-order valence-electron chi connectivity index (χ1n) is 8.36. The molecule has 2 unspecified atom stereocenters. The molecule has 3 N–H and O–H groups in total. The number of nitrogens with zero attached hydrogens (tertiary/aromatic N) is 3. The molecular weight excluding hydrogens is 392 g/mol. The van der Waals surface area contributed by atoms with E-state index in [1.807, 2.05) is 0 Å². The second kappa shape index (κ2) is 8.15. The standard InChI is InChI=1S/C17H19F2N5O3S/c1-27-12-4-3-11(18)14(19)13(12)15(25)10-7-21-17(23-16(10)20)22-9-5-6-24(8-9)28(2)26/h3-4,7,9H,5-6,8H2,1-2H3,(H3,20,21,22,23). The fourth-order valence-electron chi connectivity index (χ4n) is 2.95. The summed E-state index contributed by atoms with van der Waals surface area (Å²) in [5.41, 5.74) is 5.12. The van der Waals surface area contributed by atoms with Crippen molar-refractivity contribution >= 4 is 28.5 Å². The van der Waals surface area contributed by atoms with Crippen molar-refractivity contribution in [2.45, 2.75) is 12.5 Å². The van der Waals surface area contributed by atoms with Gasteiger partial charge in [-0.15, -0.1) is 0 Å². The van der Waals surface area contributed by atoms with E-state index in [9.17, 15) is 17.8 Å². The average molecular weight is 411 g/mol. The van der Waals surface area contributed by atoms with Crippen LogP contribution in [0.4, 0.5) is 20.5 Å². The van der Waals surface area contributed by atoms with E-state index in [0.717, 1.165) is 24.8 Å². The molecule has 1 aromatic heterocycles. The molecule has 1 aliphatic heterocycles. The number of halogens is 2. The summed E-state index contributed by atoms with van der Waals surface area (Å²) in [4.78, 5) is 20.8. The predicted molar refractivity (Wildman–Crippen MR) is 100 cm³/mol. The van der Waals surface area contributed by atoms with Crippen LogP contribution >= 0.6 is 0 Å².